The van der Waals surface area contributed by atoms with Crippen LogP contribution >= 0.6 is 0 Å². The molecule has 0 aliphatic heterocycles. The number of hydrogen-bond acceptors (Lipinski definition) is 5. The first-order valence-electron chi connectivity index (χ1n) is 5.61. The summed E-state index contributed by atoms with van der Waals surface area (Å²) >= 11 is 0. The third-order valence-electron chi connectivity index (χ3n) is 2.38. The topological polar surface area (TPSA) is 46.2 Å². The summed E-state index contributed by atoms with van der Waals surface area (Å²) in [5, 5.41) is 4.67. The third-order valence-corrected chi connectivity index (χ3v) is 2.38. The molecule has 0 heterocycles. The van der Waals surface area contributed by atoms with Gasteiger partial charge in [-0.25, -0.2) is 0 Å². The van der Waals surface area contributed by atoms with Crippen molar-refractivity contribution in [3.05, 3.63) is 48.5 Å². The van der Waals surface area contributed by atoms with E-state index in [9.17, 15) is 0 Å². The number of rotatable bonds is 6. The van der Waals surface area contributed by atoms with E-state index in [1.54, 1.807) is 62.8 Å². The molecule has 0 spiro atoms. The van der Waals surface area contributed by atoms with Crippen LogP contribution in [-0.2, 0) is 5.04 Å². The average Bonchev–Trinajstić information content (AvgIpc) is 2.49. The van der Waals surface area contributed by atoms with Crippen LogP contribution in [0, 0.1) is 0 Å². The molecule has 0 unspecified atom stereocenters. The first-order chi connectivity index (χ1) is 9.31. The summed E-state index contributed by atoms with van der Waals surface area (Å²) in [5.41, 5.74) is 0. The van der Waals surface area contributed by atoms with Crippen molar-refractivity contribution in [3.8, 4) is 23.0 Å². The van der Waals surface area contributed by atoms with Crippen molar-refractivity contribution >= 4 is 0 Å². The number of methoxy groups -OCH3 is 2. The third kappa shape index (κ3) is 3.79. The van der Waals surface area contributed by atoms with Crippen molar-refractivity contribution in [1.29, 1.82) is 0 Å². The van der Waals surface area contributed by atoms with Gasteiger partial charge in [0.15, 0.2) is 11.5 Å². The largest absolute Gasteiger partial charge is 0.497 e. The quantitative estimate of drug-likeness (QED) is 0.591. The first kappa shape index (κ1) is 13.0. The van der Waals surface area contributed by atoms with E-state index in [-0.39, 0.29) is 0 Å². The smallest absolute Gasteiger partial charge is 0.169 e. The molecule has 2 aromatic carbocycles. The van der Waals surface area contributed by atoms with Gasteiger partial charge in [-0.2, -0.15) is 0 Å². The number of ether oxygens (including phenoxy) is 2. The Balaban J connectivity index is 1.81. The highest BCUT2D eigenvalue weighted by atomic mass is 17.5. The highest BCUT2D eigenvalue weighted by molar-refractivity contribution is 5.31. The highest BCUT2D eigenvalue weighted by Crippen LogP contribution is 2.19. The maximum absolute atomic E-state index is 5.03. The second kappa shape index (κ2) is 6.51. The maximum Gasteiger partial charge on any atom is 0.169 e. The molecule has 0 amide bonds. The second-order valence-corrected chi connectivity index (χ2v) is 3.59. The van der Waals surface area contributed by atoms with Gasteiger partial charge in [-0.15, -0.1) is 0 Å². The summed E-state index contributed by atoms with van der Waals surface area (Å²) in [6, 6.07) is 13.8. The molecule has 0 atom stereocenters. The van der Waals surface area contributed by atoms with Gasteiger partial charge in [0.2, 0.25) is 0 Å². The molecule has 0 N–H and O–H groups in total. The Morgan fingerprint density at radius 2 is 0.842 bits per heavy atom. The first-order valence-corrected chi connectivity index (χ1v) is 5.61. The molecule has 0 saturated carbocycles. The maximum atomic E-state index is 5.03. The Hall–Kier alpha value is -2.40. The monoisotopic (exact) mass is 262 g/mol. The van der Waals surface area contributed by atoms with Crippen LogP contribution in [0.1, 0.15) is 0 Å². The minimum Gasteiger partial charge on any atom is -0.497 e. The SMILES string of the molecule is COc1ccc(OOOc2ccc(OC)cc2)cc1. The van der Waals surface area contributed by atoms with E-state index in [0.29, 0.717) is 11.5 Å². The molecule has 0 saturated heterocycles. The summed E-state index contributed by atoms with van der Waals surface area (Å²) in [6.07, 6.45) is 0. The van der Waals surface area contributed by atoms with Gasteiger partial charge in [-0.3, -0.25) is 9.78 Å². The van der Waals surface area contributed by atoms with Crippen molar-refractivity contribution < 1.29 is 24.3 Å². The van der Waals surface area contributed by atoms with Gasteiger partial charge in [0.05, 0.1) is 14.2 Å². The Labute approximate surface area is 111 Å². The summed E-state index contributed by atoms with van der Waals surface area (Å²) in [6.45, 7) is 0. The Bertz CT molecular complexity index is 445. The van der Waals surface area contributed by atoms with Crippen molar-refractivity contribution in [3.63, 3.8) is 0 Å². The van der Waals surface area contributed by atoms with E-state index in [2.05, 4.69) is 5.04 Å². The van der Waals surface area contributed by atoms with Crippen molar-refractivity contribution in [2.45, 2.75) is 0 Å². The zero-order valence-corrected chi connectivity index (χ0v) is 10.7. The minimum atomic E-state index is 0.509. The van der Waals surface area contributed by atoms with Crippen LogP contribution in [0.2, 0.25) is 0 Å². The Morgan fingerprint density at radius 1 is 0.526 bits per heavy atom. The van der Waals surface area contributed by atoms with Crippen molar-refractivity contribution in [2.24, 2.45) is 0 Å². The van der Waals surface area contributed by atoms with Crippen LogP contribution in [0.25, 0.3) is 0 Å². The highest BCUT2D eigenvalue weighted by Gasteiger charge is 1.99. The molecule has 0 aliphatic carbocycles. The summed E-state index contributed by atoms with van der Waals surface area (Å²) in [7, 11) is 3.19. The predicted molar refractivity (Wildman–Crippen MR) is 68.3 cm³/mol. The zero-order chi connectivity index (χ0) is 13.5. The van der Waals surface area contributed by atoms with E-state index in [1.807, 2.05) is 0 Å². The second-order valence-electron chi connectivity index (χ2n) is 3.59. The van der Waals surface area contributed by atoms with Crippen LogP contribution in [0.15, 0.2) is 48.5 Å². The van der Waals surface area contributed by atoms with Crippen LogP contribution in [0.3, 0.4) is 0 Å². The van der Waals surface area contributed by atoms with Gasteiger partial charge in [0.1, 0.15) is 11.5 Å². The molecule has 2 aromatic rings. The Morgan fingerprint density at radius 3 is 1.16 bits per heavy atom. The fourth-order valence-corrected chi connectivity index (χ4v) is 1.36. The van der Waals surface area contributed by atoms with E-state index in [0.717, 1.165) is 11.5 Å². The fraction of sp³-hybridized carbons (Fsp3) is 0.143. The molecule has 5 heteroatoms. The Kier molecular flexibility index (Phi) is 4.47. The molecule has 0 bridgehead atoms. The summed E-state index contributed by atoms with van der Waals surface area (Å²) in [4.78, 5) is 9.91. The van der Waals surface area contributed by atoms with Gasteiger partial charge in [-0.1, -0.05) is 0 Å². The van der Waals surface area contributed by atoms with Crippen LogP contribution in [-0.4, -0.2) is 14.2 Å². The predicted octanol–water partition coefficient (Wildman–Crippen LogP) is 3.01. The number of benzene rings is 2. The molecule has 0 aromatic heterocycles. The molecule has 5 nitrogen and oxygen atoms in total. The van der Waals surface area contributed by atoms with Gasteiger partial charge in [-0.05, 0) is 48.5 Å². The van der Waals surface area contributed by atoms with Crippen LogP contribution in [0.4, 0.5) is 0 Å². The molecule has 0 fully saturated rings. The molecule has 2 rings (SSSR count). The summed E-state index contributed by atoms with van der Waals surface area (Å²) < 4.78 is 10.1. The summed E-state index contributed by atoms with van der Waals surface area (Å²) in [5.74, 6) is 2.50. The lowest BCUT2D eigenvalue weighted by Crippen LogP contribution is -2.01. The zero-order valence-electron chi connectivity index (χ0n) is 10.7. The van der Waals surface area contributed by atoms with Gasteiger partial charge < -0.3 is 9.47 Å². The lowest BCUT2D eigenvalue weighted by molar-refractivity contribution is -0.411. The number of hydrogen-bond donors (Lipinski definition) is 0. The van der Waals surface area contributed by atoms with Crippen LogP contribution < -0.4 is 19.2 Å². The standard InChI is InChI=1S/C14H14O5/c1-15-11-3-7-13(8-4-11)17-19-18-14-9-5-12(16-2)6-10-14/h3-10H,1-2H3. The van der Waals surface area contributed by atoms with Gasteiger partial charge >= 0.3 is 0 Å². The fourth-order valence-electron chi connectivity index (χ4n) is 1.36. The molecule has 0 radical (unpaired) electrons. The molecule has 0 aliphatic rings. The lowest BCUT2D eigenvalue weighted by atomic mass is 10.3. The van der Waals surface area contributed by atoms with E-state index >= 15 is 0 Å². The molecular formula is C14H14O5. The van der Waals surface area contributed by atoms with Crippen molar-refractivity contribution in [1.82, 2.24) is 0 Å². The van der Waals surface area contributed by atoms with E-state index in [4.69, 9.17) is 19.2 Å². The molecular weight excluding hydrogens is 248 g/mol. The van der Waals surface area contributed by atoms with E-state index in [1.165, 1.54) is 0 Å². The normalized spacial score (nSPS) is 9.79. The molecule has 100 valence electrons. The van der Waals surface area contributed by atoms with Gasteiger partial charge in [0, 0.05) is 5.04 Å². The van der Waals surface area contributed by atoms with Gasteiger partial charge in [0.25, 0.3) is 0 Å². The van der Waals surface area contributed by atoms with Crippen molar-refractivity contribution in [2.75, 3.05) is 14.2 Å². The average molecular weight is 262 g/mol. The van der Waals surface area contributed by atoms with E-state index < -0.39 is 0 Å². The van der Waals surface area contributed by atoms with Crippen LogP contribution in [0.5, 0.6) is 23.0 Å². The minimum absolute atomic E-state index is 0.509. The molecule has 19 heavy (non-hydrogen) atoms. The lowest BCUT2D eigenvalue weighted by Gasteiger charge is -2.05.